The second-order valence-corrected chi connectivity index (χ2v) is 4.84. The van der Waals surface area contributed by atoms with Crippen molar-refractivity contribution < 1.29 is 9.53 Å². The van der Waals surface area contributed by atoms with Crippen LogP contribution in [0.3, 0.4) is 0 Å². The Labute approximate surface area is 94.9 Å². The van der Waals surface area contributed by atoms with Gasteiger partial charge in [-0.2, -0.15) is 0 Å². The van der Waals surface area contributed by atoms with Gasteiger partial charge in [0, 0.05) is 5.92 Å². The first-order valence-electron chi connectivity index (χ1n) is 5.71. The van der Waals surface area contributed by atoms with E-state index in [2.05, 4.69) is 12.1 Å². The molecule has 0 saturated heterocycles. The molecule has 0 radical (unpaired) electrons. The van der Waals surface area contributed by atoms with Gasteiger partial charge in [0.2, 0.25) is 0 Å². The Balaban J connectivity index is 1.83. The normalized spacial score (nSPS) is 20.2. The van der Waals surface area contributed by atoms with Gasteiger partial charge in [-0.1, -0.05) is 31.6 Å². The lowest BCUT2D eigenvalue weighted by Crippen LogP contribution is -2.14. The molecule has 1 aromatic carbocycles. The average molecular weight is 214 g/mol. The number of rotatable bonds is 2. The molecule has 2 aliphatic rings. The first kappa shape index (κ1) is 9.64. The fourth-order valence-electron chi connectivity index (χ4n) is 2.14. The highest BCUT2D eigenvalue weighted by Crippen LogP contribution is 2.54. The number of ether oxygens (including phenoxy) is 1. The van der Waals surface area contributed by atoms with Crippen molar-refractivity contribution in [3.8, 4) is 5.75 Å². The zero-order chi connectivity index (χ0) is 11.3. The van der Waals surface area contributed by atoms with Crippen molar-refractivity contribution in [2.24, 2.45) is 5.92 Å². The van der Waals surface area contributed by atoms with Crippen molar-refractivity contribution in [1.29, 1.82) is 0 Å². The van der Waals surface area contributed by atoms with Gasteiger partial charge in [-0.05, 0) is 29.7 Å². The summed E-state index contributed by atoms with van der Waals surface area (Å²) in [4.78, 5) is 11.4. The Morgan fingerprint density at radius 3 is 3.00 bits per heavy atom. The molecule has 0 aromatic heterocycles. The Morgan fingerprint density at radius 1 is 1.44 bits per heavy atom. The summed E-state index contributed by atoms with van der Waals surface area (Å²) >= 11 is 0. The molecule has 2 heteroatoms. The highest BCUT2D eigenvalue weighted by Gasteiger charge is 2.37. The molecule has 0 heterocycles. The van der Waals surface area contributed by atoms with Crippen molar-refractivity contribution in [2.75, 3.05) is 0 Å². The molecule has 0 bridgehead atoms. The summed E-state index contributed by atoms with van der Waals surface area (Å²) in [6, 6.07) is 5.95. The molecule has 0 aliphatic heterocycles. The Bertz CT molecular complexity index is 497. The molecule has 0 N–H and O–H groups in total. The van der Waals surface area contributed by atoms with Gasteiger partial charge >= 0.3 is 5.97 Å². The fourth-order valence-corrected chi connectivity index (χ4v) is 2.14. The number of benzene rings is 1. The SMILES string of the molecule is CC(C)C(=O)Oc1ccc2c(c1)C=C1CC12. The zero-order valence-corrected chi connectivity index (χ0v) is 9.49. The Hall–Kier alpha value is -1.57. The minimum atomic E-state index is -0.171. The lowest BCUT2D eigenvalue weighted by atomic mass is 10.1. The molecule has 3 rings (SSSR count). The molecule has 2 aliphatic carbocycles. The predicted molar refractivity (Wildman–Crippen MR) is 62.3 cm³/mol. The molecule has 1 aromatic rings. The van der Waals surface area contributed by atoms with Crippen LogP contribution in [0.1, 0.15) is 37.3 Å². The molecule has 0 amide bonds. The molecule has 2 nitrogen and oxygen atoms in total. The monoisotopic (exact) mass is 214 g/mol. The lowest BCUT2D eigenvalue weighted by Gasteiger charge is -2.08. The molecule has 1 fully saturated rings. The number of allylic oxidation sites excluding steroid dienone is 1. The first-order valence-corrected chi connectivity index (χ1v) is 5.71. The van der Waals surface area contributed by atoms with Crippen LogP contribution in [-0.2, 0) is 4.79 Å². The maximum Gasteiger partial charge on any atom is 0.313 e. The van der Waals surface area contributed by atoms with Gasteiger partial charge in [0.1, 0.15) is 5.75 Å². The molecular formula is C14H14O2. The number of hydrogen-bond acceptors (Lipinski definition) is 2. The van der Waals surface area contributed by atoms with Crippen molar-refractivity contribution in [3.05, 3.63) is 34.9 Å². The second-order valence-electron chi connectivity index (χ2n) is 4.84. The van der Waals surface area contributed by atoms with Crippen LogP contribution in [-0.4, -0.2) is 5.97 Å². The van der Waals surface area contributed by atoms with E-state index in [1.54, 1.807) is 0 Å². The Kier molecular flexibility index (Phi) is 1.93. The van der Waals surface area contributed by atoms with Gasteiger partial charge in [0.05, 0.1) is 5.92 Å². The summed E-state index contributed by atoms with van der Waals surface area (Å²) in [5.41, 5.74) is 4.13. The van der Waals surface area contributed by atoms with Crippen LogP contribution in [0, 0.1) is 5.92 Å². The number of fused-ring (bicyclic) bond motifs is 3. The van der Waals surface area contributed by atoms with Gasteiger partial charge in [-0.25, -0.2) is 0 Å². The number of hydrogen-bond donors (Lipinski definition) is 0. The van der Waals surface area contributed by atoms with E-state index in [-0.39, 0.29) is 11.9 Å². The Morgan fingerprint density at radius 2 is 2.25 bits per heavy atom. The lowest BCUT2D eigenvalue weighted by molar-refractivity contribution is -0.137. The van der Waals surface area contributed by atoms with Gasteiger partial charge in [0.25, 0.3) is 0 Å². The van der Waals surface area contributed by atoms with E-state index in [0.717, 1.165) is 0 Å². The number of carbonyl (C=O) groups excluding carboxylic acids is 1. The summed E-state index contributed by atoms with van der Waals surface area (Å²) in [5, 5.41) is 0. The molecule has 16 heavy (non-hydrogen) atoms. The van der Waals surface area contributed by atoms with Crippen LogP contribution in [0.4, 0.5) is 0 Å². The zero-order valence-electron chi connectivity index (χ0n) is 9.49. The van der Waals surface area contributed by atoms with Crippen LogP contribution in [0.25, 0.3) is 6.08 Å². The van der Waals surface area contributed by atoms with Crippen LogP contribution in [0.2, 0.25) is 0 Å². The van der Waals surface area contributed by atoms with Crippen LogP contribution < -0.4 is 4.74 Å². The van der Waals surface area contributed by atoms with Crippen molar-refractivity contribution in [1.82, 2.24) is 0 Å². The van der Waals surface area contributed by atoms with E-state index >= 15 is 0 Å². The summed E-state index contributed by atoms with van der Waals surface area (Å²) in [5.74, 6) is 1.08. The molecule has 0 spiro atoms. The predicted octanol–water partition coefficient (Wildman–Crippen LogP) is 3.13. The third-order valence-electron chi connectivity index (χ3n) is 3.19. The van der Waals surface area contributed by atoms with E-state index in [4.69, 9.17) is 4.74 Å². The molecule has 1 saturated carbocycles. The van der Waals surface area contributed by atoms with E-state index in [0.29, 0.717) is 11.7 Å². The van der Waals surface area contributed by atoms with E-state index in [1.165, 1.54) is 23.1 Å². The highest BCUT2D eigenvalue weighted by atomic mass is 16.5. The molecule has 82 valence electrons. The van der Waals surface area contributed by atoms with Crippen LogP contribution >= 0.6 is 0 Å². The van der Waals surface area contributed by atoms with Gasteiger partial charge < -0.3 is 4.74 Å². The minimum absolute atomic E-state index is 0.0833. The largest absolute Gasteiger partial charge is 0.426 e. The minimum Gasteiger partial charge on any atom is -0.426 e. The van der Waals surface area contributed by atoms with Gasteiger partial charge in [-0.3, -0.25) is 4.79 Å². The molecular weight excluding hydrogens is 200 g/mol. The highest BCUT2D eigenvalue weighted by molar-refractivity contribution is 5.77. The third-order valence-corrected chi connectivity index (χ3v) is 3.19. The van der Waals surface area contributed by atoms with Crippen LogP contribution in [0.15, 0.2) is 23.8 Å². The summed E-state index contributed by atoms with van der Waals surface area (Å²) in [6.45, 7) is 3.68. The first-order chi connectivity index (χ1) is 7.65. The van der Waals surface area contributed by atoms with Crippen LogP contribution in [0.5, 0.6) is 5.75 Å². The summed E-state index contributed by atoms with van der Waals surface area (Å²) in [7, 11) is 0. The van der Waals surface area contributed by atoms with Crippen molar-refractivity contribution in [3.63, 3.8) is 0 Å². The summed E-state index contributed by atoms with van der Waals surface area (Å²) < 4.78 is 5.28. The molecule has 1 unspecified atom stereocenters. The fraction of sp³-hybridized carbons (Fsp3) is 0.357. The third kappa shape index (κ3) is 1.45. The number of esters is 1. The quantitative estimate of drug-likeness (QED) is 0.558. The van der Waals surface area contributed by atoms with E-state index in [9.17, 15) is 4.79 Å². The smallest absolute Gasteiger partial charge is 0.313 e. The number of carbonyl (C=O) groups is 1. The second kappa shape index (κ2) is 3.21. The van der Waals surface area contributed by atoms with Crippen molar-refractivity contribution >= 4 is 12.0 Å². The van der Waals surface area contributed by atoms with E-state index < -0.39 is 0 Å². The summed E-state index contributed by atoms with van der Waals surface area (Å²) in [6.07, 6.45) is 3.44. The maximum absolute atomic E-state index is 11.4. The average Bonchev–Trinajstić information content (AvgIpc) is 2.90. The van der Waals surface area contributed by atoms with Crippen molar-refractivity contribution in [2.45, 2.75) is 26.2 Å². The maximum atomic E-state index is 11.4. The standard InChI is InChI=1S/C14H14O2/c1-8(2)14(15)16-11-3-4-12-9(6-11)5-10-7-13(10)12/h3-6,8,13H,7H2,1-2H3. The van der Waals surface area contributed by atoms with Gasteiger partial charge in [-0.15, -0.1) is 0 Å². The topological polar surface area (TPSA) is 26.3 Å². The van der Waals surface area contributed by atoms with Gasteiger partial charge in [0.15, 0.2) is 0 Å². The van der Waals surface area contributed by atoms with E-state index in [1.807, 2.05) is 26.0 Å². The molecule has 1 atom stereocenters.